The Labute approximate surface area is 92.6 Å². The lowest BCUT2D eigenvalue weighted by atomic mass is 10.2. The summed E-state index contributed by atoms with van der Waals surface area (Å²) in [6, 6.07) is 4.15. The van der Waals surface area contributed by atoms with Gasteiger partial charge in [-0.3, -0.25) is 9.36 Å². The van der Waals surface area contributed by atoms with Gasteiger partial charge in [0.2, 0.25) is 0 Å². The predicted molar refractivity (Wildman–Crippen MR) is 56.3 cm³/mol. The average molecular weight is 224 g/mol. The van der Waals surface area contributed by atoms with Crippen molar-refractivity contribution in [3.63, 3.8) is 0 Å². The molecule has 0 atom stereocenters. The molecule has 0 saturated heterocycles. The number of hydrogen-bond acceptors (Lipinski definition) is 3. The van der Waals surface area contributed by atoms with E-state index in [9.17, 15) is 9.18 Å². The van der Waals surface area contributed by atoms with E-state index in [1.165, 1.54) is 6.07 Å². The van der Waals surface area contributed by atoms with Gasteiger partial charge in [0, 0.05) is 13.2 Å². The largest absolute Gasteiger partial charge is 0.396 e. The van der Waals surface area contributed by atoms with Gasteiger partial charge in [0.25, 0.3) is 5.56 Å². The molecule has 0 saturated carbocycles. The molecule has 1 heterocycles. The molecule has 0 spiro atoms. The van der Waals surface area contributed by atoms with Crippen molar-refractivity contribution in [2.24, 2.45) is 0 Å². The van der Waals surface area contributed by atoms with Crippen LogP contribution in [0.2, 0.25) is 0 Å². The molecule has 86 valence electrons. The van der Waals surface area contributed by atoms with Crippen molar-refractivity contribution in [3.05, 3.63) is 34.0 Å². The maximum atomic E-state index is 13.0. The Bertz CT molecular complexity index is 448. The van der Waals surface area contributed by atoms with Gasteiger partial charge in [-0.25, -0.2) is 4.39 Å². The van der Waals surface area contributed by atoms with Crippen molar-refractivity contribution in [1.82, 2.24) is 4.57 Å². The third-order valence-corrected chi connectivity index (χ3v) is 2.28. The van der Waals surface area contributed by atoms with Crippen LogP contribution in [0.3, 0.4) is 0 Å². The summed E-state index contributed by atoms with van der Waals surface area (Å²) in [4.78, 5) is 11.4. The molecule has 0 aliphatic rings. The van der Waals surface area contributed by atoms with Crippen molar-refractivity contribution in [2.75, 3.05) is 6.61 Å². The molecule has 1 N–H and O–H groups in total. The Morgan fingerprint density at radius 1 is 1.38 bits per heavy atom. The number of halogens is 1. The summed E-state index contributed by atoms with van der Waals surface area (Å²) < 4.78 is 14.1. The number of aromatic nitrogens is 1. The fourth-order valence-corrected chi connectivity index (χ4v) is 1.43. The number of hydrogen-bond donors (Lipinski definition) is 1. The normalized spacial score (nSPS) is 10.1. The van der Waals surface area contributed by atoms with Crippen LogP contribution >= 0.6 is 0 Å². The molecule has 0 bridgehead atoms. The first kappa shape index (κ1) is 12.4. The summed E-state index contributed by atoms with van der Waals surface area (Å²) in [5, 5.41) is 17.3. The number of nitriles is 1. The quantitative estimate of drug-likeness (QED) is 0.759. The number of unbranched alkanes of at least 4 members (excludes halogenated alkanes) is 2. The second-order valence-electron chi connectivity index (χ2n) is 3.42. The van der Waals surface area contributed by atoms with Crippen molar-refractivity contribution < 1.29 is 9.50 Å². The lowest BCUT2D eigenvalue weighted by molar-refractivity contribution is 0.281. The highest BCUT2D eigenvalue weighted by atomic mass is 19.1. The highest BCUT2D eigenvalue weighted by Crippen LogP contribution is 2.02. The average Bonchev–Trinajstić information content (AvgIpc) is 2.30. The zero-order valence-electron chi connectivity index (χ0n) is 8.82. The third kappa shape index (κ3) is 2.91. The third-order valence-electron chi connectivity index (χ3n) is 2.28. The van der Waals surface area contributed by atoms with Gasteiger partial charge >= 0.3 is 0 Å². The number of rotatable bonds is 5. The van der Waals surface area contributed by atoms with Crippen LogP contribution in [0.1, 0.15) is 25.0 Å². The first-order valence-corrected chi connectivity index (χ1v) is 5.11. The van der Waals surface area contributed by atoms with E-state index in [0.29, 0.717) is 19.4 Å². The maximum absolute atomic E-state index is 13.0. The molecule has 1 rings (SSSR count). The molecule has 0 radical (unpaired) electrons. The van der Waals surface area contributed by atoms with Gasteiger partial charge in [0.05, 0.1) is 0 Å². The molecule has 0 fully saturated rings. The van der Waals surface area contributed by atoms with Gasteiger partial charge in [-0.15, -0.1) is 0 Å². The van der Waals surface area contributed by atoms with E-state index in [1.54, 1.807) is 0 Å². The van der Waals surface area contributed by atoms with Crippen LogP contribution in [0.25, 0.3) is 0 Å². The number of nitrogens with zero attached hydrogens (tertiary/aromatic N) is 2. The Hall–Kier alpha value is -1.67. The molecule has 1 aromatic heterocycles. The minimum Gasteiger partial charge on any atom is -0.396 e. The van der Waals surface area contributed by atoms with Crippen LogP contribution < -0.4 is 5.56 Å². The number of aliphatic hydroxyl groups excluding tert-OH is 1. The fraction of sp³-hybridized carbons (Fsp3) is 0.455. The monoisotopic (exact) mass is 224 g/mol. The molecule has 0 aromatic carbocycles. The fourth-order valence-electron chi connectivity index (χ4n) is 1.43. The SMILES string of the molecule is N#Cc1ccc(F)c(=O)n1CCCCCO. The van der Waals surface area contributed by atoms with Crippen LogP contribution in [0.5, 0.6) is 0 Å². The molecule has 16 heavy (non-hydrogen) atoms. The maximum Gasteiger partial charge on any atom is 0.287 e. The highest BCUT2D eigenvalue weighted by molar-refractivity contribution is 5.21. The van der Waals surface area contributed by atoms with E-state index < -0.39 is 11.4 Å². The van der Waals surface area contributed by atoms with Crippen LogP contribution in [-0.4, -0.2) is 16.3 Å². The van der Waals surface area contributed by atoms with Crippen LogP contribution in [-0.2, 0) is 6.54 Å². The van der Waals surface area contributed by atoms with E-state index in [-0.39, 0.29) is 12.3 Å². The predicted octanol–water partition coefficient (Wildman–Crippen LogP) is 1.02. The van der Waals surface area contributed by atoms with E-state index in [2.05, 4.69) is 0 Å². The second kappa shape index (κ2) is 6.03. The Morgan fingerprint density at radius 2 is 2.12 bits per heavy atom. The number of pyridine rings is 1. The minimum atomic E-state index is -0.846. The first-order valence-electron chi connectivity index (χ1n) is 5.11. The minimum absolute atomic E-state index is 0.100. The Morgan fingerprint density at radius 3 is 2.75 bits per heavy atom. The summed E-state index contributed by atoms with van der Waals surface area (Å²) in [5.74, 6) is -0.846. The van der Waals surface area contributed by atoms with E-state index >= 15 is 0 Å². The zero-order chi connectivity index (χ0) is 12.0. The lowest BCUT2D eigenvalue weighted by Gasteiger charge is -2.07. The van der Waals surface area contributed by atoms with Crippen LogP contribution in [0.15, 0.2) is 16.9 Å². The summed E-state index contributed by atoms with van der Waals surface area (Å²) in [5.41, 5.74) is -0.599. The molecule has 1 aromatic rings. The van der Waals surface area contributed by atoms with Crippen molar-refractivity contribution >= 4 is 0 Å². The number of aliphatic hydroxyl groups is 1. The van der Waals surface area contributed by atoms with Gasteiger partial charge in [-0.1, -0.05) is 0 Å². The highest BCUT2D eigenvalue weighted by Gasteiger charge is 2.07. The summed E-state index contributed by atoms with van der Waals surface area (Å²) >= 11 is 0. The summed E-state index contributed by atoms with van der Waals surface area (Å²) in [7, 11) is 0. The molecule has 5 heteroatoms. The molecule has 0 amide bonds. The second-order valence-corrected chi connectivity index (χ2v) is 3.42. The molecular weight excluding hydrogens is 211 g/mol. The summed E-state index contributed by atoms with van der Waals surface area (Å²) in [6.45, 7) is 0.405. The standard InChI is InChI=1S/C11H13FN2O2/c12-10-5-4-9(8-13)14(11(10)16)6-2-1-3-7-15/h4-5,15H,1-3,6-7H2. The smallest absolute Gasteiger partial charge is 0.287 e. The molecule has 0 aliphatic carbocycles. The van der Waals surface area contributed by atoms with Gasteiger partial charge < -0.3 is 5.11 Å². The molecule has 0 aliphatic heterocycles. The van der Waals surface area contributed by atoms with Crippen molar-refractivity contribution in [1.29, 1.82) is 5.26 Å². The van der Waals surface area contributed by atoms with Gasteiger partial charge in [0.15, 0.2) is 5.82 Å². The zero-order valence-corrected chi connectivity index (χ0v) is 8.82. The molecule has 0 unspecified atom stereocenters. The van der Waals surface area contributed by atoms with Gasteiger partial charge in [-0.05, 0) is 31.4 Å². The van der Waals surface area contributed by atoms with E-state index in [0.717, 1.165) is 17.1 Å². The first-order chi connectivity index (χ1) is 7.70. The van der Waals surface area contributed by atoms with Gasteiger partial charge in [-0.2, -0.15) is 5.26 Å². The molecular formula is C11H13FN2O2. The molecule has 4 nitrogen and oxygen atoms in total. The Balaban J connectivity index is 2.82. The Kier molecular flexibility index (Phi) is 4.67. The lowest BCUT2D eigenvalue weighted by Crippen LogP contribution is -2.25. The van der Waals surface area contributed by atoms with Crippen molar-refractivity contribution in [2.45, 2.75) is 25.8 Å². The van der Waals surface area contributed by atoms with Gasteiger partial charge in [0.1, 0.15) is 11.8 Å². The van der Waals surface area contributed by atoms with Crippen LogP contribution in [0.4, 0.5) is 4.39 Å². The van der Waals surface area contributed by atoms with E-state index in [4.69, 9.17) is 10.4 Å². The van der Waals surface area contributed by atoms with E-state index in [1.807, 2.05) is 6.07 Å². The van der Waals surface area contributed by atoms with Crippen LogP contribution in [0, 0.1) is 17.1 Å². The van der Waals surface area contributed by atoms with Crippen molar-refractivity contribution in [3.8, 4) is 6.07 Å². The summed E-state index contributed by atoms with van der Waals surface area (Å²) in [6.07, 6.45) is 2.02. The topological polar surface area (TPSA) is 66.0 Å².